The van der Waals surface area contributed by atoms with E-state index in [4.69, 9.17) is 0 Å². The molecule has 2 rings (SSSR count). The van der Waals surface area contributed by atoms with E-state index < -0.39 is 0 Å². The number of pyridine rings is 1. The summed E-state index contributed by atoms with van der Waals surface area (Å²) < 4.78 is 3.66. The highest BCUT2D eigenvalue weighted by Gasteiger charge is 2.06. The number of rotatable bonds is 0. The van der Waals surface area contributed by atoms with Gasteiger partial charge in [0, 0.05) is 0 Å². The molecule has 62 valence electrons. The third kappa shape index (κ3) is 0.794. The maximum absolute atomic E-state index is 11.6. The van der Waals surface area contributed by atoms with Crippen LogP contribution in [0.5, 0.6) is 5.75 Å². The van der Waals surface area contributed by atoms with Crippen LogP contribution in [0.2, 0.25) is 0 Å². The Morgan fingerprint density at radius 3 is 2.92 bits per heavy atom. The van der Waals surface area contributed by atoms with Crippen LogP contribution in [0, 0.1) is 6.92 Å². The van der Waals surface area contributed by atoms with Gasteiger partial charge in [0.1, 0.15) is 12.4 Å². The fourth-order valence-corrected chi connectivity index (χ4v) is 1.34. The molecular weight excluding hydrogens is 152 g/mol. The molecular formula is C9H10N2O. The van der Waals surface area contributed by atoms with E-state index in [1.54, 1.807) is 0 Å². The summed E-state index contributed by atoms with van der Waals surface area (Å²) in [5.74, 6) is 0.102. The first-order valence-electron chi connectivity index (χ1n) is 3.83. The van der Waals surface area contributed by atoms with Crippen LogP contribution in [0.1, 0.15) is 5.56 Å². The lowest BCUT2D eigenvalue weighted by Gasteiger charge is -2.07. The fraction of sp³-hybridized carbons (Fsp3) is 0.222. The molecule has 0 aliphatic heterocycles. The number of aryl methyl sites for hydroxylation is 2. The van der Waals surface area contributed by atoms with Crippen molar-refractivity contribution in [2.45, 2.75) is 6.92 Å². The summed E-state index contributed by atoms with van der Waals surface area (Å²) in [6.07, 6.45) is 5.64. The molecule has 0 aromatic carbocycles. The molecule has 3 heteroatoms. The Morgan fingerprint density at radius 1 is 1.42 bits per heavy atom. The molecule has 2 heterocycles. The van der Waals surface area contributed by atoms with E-state index in [9.17, 15) is 5.11 Å². The topological polar surface area (TPSA) is 31.3 Å². The highest BCUT2D eigenvalue weighted by atomic mass is 16.3. The van der Waals surface area contributed by atoms with Crippen molar-refractivity contribution in [3.05, 3.63) is 30.2 Å². The lowest BCUT2D eigenvalue weighted by Crippen LogP contribution is -2.27. The molecule has 0 bridgehead atoms. The third-order valence-corrected chi connectivity index (χ3v) is 2.08. The molecule has 0 spiro atoms. The molecule has 0 aliphatic rings. The van der Waals surface area contributed by atoms with E-state index in [1.807, 2.05) is 47.6 Å². The standard InChI is InChI=1S/C9H10N2O/c1-7-3-4-11-6-5-10(2)9(11)8(7)12/h3-6H,1-2H3. The van der Waals surface area contributed by atoms with Gasteiger partial charge in [0.05, 0.1) is 13.2 Å². The molecule has 0 radical (unpaired) electrons. The maximum Gasteiger partial charge on any atom is 0.278 e. The van der Waals surface area contributed by atoms with Crippen LogP contribution >= 0.6 is 0 Å². The number of fused-ring (bicyclic) bond motifs is 1. The van der Waals surface area contributed by atoms with E-state index in [1.165, 1.54) is 0 Å². The molecule has 0 saturated carbocycles. The van der Waals surface area contributed by atoms with Crippen molar-refractivity contribution in [3.8, 4) is 5.75 Å². The predicted molar refractivity (Wildman–Crippen MR) is 42.8 cm³/mol. The number of imidazole rings is 1. The monoisotopic (exact) mass is 162 g/mol. The minimum atomic E-state index is 0.102. The molecule has 0 fully saturated rings. The number of nitrogens with zero attached hydrogens (tertiary/aromatic N) is 2. The largest absolute Gasteiger partial charge is 0.867 e. The number of aromatic nitrogens is 2. The first kappa shape index (κ1) is 7.16. The van der Waals surface area contributed by atoms with Crippen LogP contribution < -0.4 is 9.67 Å². The zero-order valence-electron chi connectivity index (χ0n) is 7.11. The van der Waals surface area contributed by atoms with E-state index in [-0.39, 0.29) is 5.75 Å². The van der Waals surface area contributed by atoms with Crippen LogP contribution in [0.4, 0.5) is 0 Å². The van der Waals surface area contributed by atoms with Crippen LogP contribution in [-0.4, -0.2) is 4.40 Å². The Kier molecular flexibility index (Phi) is 1.33. The second kappa shape index (κ2) is 2.24. The van der Waals surface area contributed by atoms with Gasteiger partial charge in [-0.2, -0.15) is 0 Å². The van der Waals surface area contributed by atoms with Crippen molar-refractivity contribution in [2.75, 3.05) is 0 Å². The summed E-state index contributed by atoms with van der Waals surface area (Å²) in [6, 6.07) is 1.83. The summed E-state index contributed by atoms with van der Waals surface area (Å²) in [6.45, 7) is 1.83. The van der Waals surface area contributed by atoms with Gasteiger partial charge in [0.25, 0.3) is 5.65 Å². The van der Waals surface area contributed by atoms with Crippen molar-refractivity contribution in [2.24, 2.45) is 7.05 Å². The predicted octanol–water partition coefficient (Wildman–Crippen LogP) is 0.146. The minimum absolute atomic E-state index is 0.102. The van der Waals surface area contributed by atoms with Crippen LogP contribution in [-0.2, 0) is 7.05 Å². The van der Waals surface area contributed by atoms with Gasteiger partial charge in [0.2, 0.25) is 0 Å². The Morgan fingerprint density at radius 2 is 2.17 bits per heavy atom. The number of hydrogen-bond donors (Lipinski definition) is 0. The zero-order valence-corrected chi connectivity index (χ0v) is 7.11. The van der Waals surface area contributed by atoms with Crippen molar-refractivity contribution >= 4 is 5.65 Å². The first-order chi connectivity index (χ1) is 5.70. The Labute approximate surface area is 70.5 Å². The van der Waals surface area contributed by atoms with Gasteiger partial charge in [-0.05, 0) is 24.3 Å². The van der Waals surface area contributed by atoms with Crippen LogP contribution in [0.3, 0.4) is 0 Å². The van der Waals surface area contributed by atoms with Gasteiger partial charge in [-0.3, -0.25) is 0 Å². The van der Waals surface area contributed by atoms with Gasteiger partial charge in [-0.1, -0.05) is 0 Å². The smallest absolute Gasteiger partial charge is 0.278 e. The highest BCUT2D eigenvalue weighted by molar-refractivity contribution is 5.51. The molecule has 0 atom stereocenters. The fourth-order valence-electron chi connectivity index (χ4n) is 1.34. The van der Waals surface area contributed by atoms with E-state index in [0.717, 1.165) is 11.2 Å². The minimum Gasteiger partial charge on any atom is -0.867 e. The zero-order chi connectivity index (χ0) is 8.72. The molecule has 0 N–H and O–H groups in total. The molecule has 2 aromatic rings. The summed E-state index contributed by atoms with van der Waals surface area (Å²) in [7, 11) is 1.87. The molecule has 0 amide bonds. The quantitative estimate of drug-likeness (QED) is 0.507. The molecule has 3 nitrogen and oxygen atoms in total. The number of hydrogen-bond acceptors (Lipinski definition) is 1. The van der Waals surface area contributed by atoms with Gasteiger partial charge < -0.3 is 5.11 Å². The van der Waals surface area contributed by atoms with Gasteiger partial charge in [0.15, 0.2) is 0 Å². The normalized spacial score (nSPS) is 10.8. The van der Waals surface area contributed by atoms with Crippen molar-refractivity contribution < 1.29 is 9.67 Å². The molecule has 12 heavy (non-hydrogen) atoms. The second-order valence-electron chi connectivity index (χ2n) is 2.97. The first-order valence-corrected chi connectivity index (χ1v) is 3.83. The summed E-state index contributed by atoms with van der Waals surface area (Å²) in [4.78, 5) is 0. The van der Waals surface area contributed by atoms with Gasteiger partial charge >= 0.3 is 0 Å². The molecule has 2 aromatic heterocycles. The molecule has 0 saturated heterocycles. The van der Waals surface area contributed by atoms with E-state index in [2.05, 4.69) is 0 Å². The Hall–Kier alpha value is -1.51. The Bertz CT molecular complexity index is 431. The van der Waals surface area contributed by atoms with Crippen molar-refractivity contribution in [1.29, 1.82) is 0 Å². The van der Waals surface area contributed by atoms with Crippen molar-refractivity contribution in [1.82, 2.24) is 4.40 Å². The highest BCUT2D eigenvalue weighted by Crippen LogP contribution is 2.15. The van der Waals surface area contributed by atoms with Gasteiger partial charge in [-0.25, -0.2) is 8.97 Å². The summed E-state index contributed by atoms with van der Waals surface area (Å²) in [5.41, 5.74) is 1.51. The Balaban J connectivity index is 2.96. The van der Waals surface area contributed by atoms with Crippen molar-refractivity contribution in [3.63, 3.8) is 0 Å². The molecule has 0 aliphatic carbocycles. The summed E-state index contributed by atoms with van der Waals surface area (Å²) >= 11 is 0. The average Bonchev–Trinajstić information content (AvgIpc) is 2.41. The SMILES string of the molecule is Cc1ccn2cc[n+](C)c2c1[O-]. The van der Waals surface area contributed by atoms with Crippen LogP contribution in [0.15, 0.2) is 24.7 Å². The van der Waals surface area contributed by atoms with Gasteiger partial charge in [-0.15, -0.1) is 0 Å². The lowest BCUT2D eigenvalue weighted by molar-refractivity contribution is -0.646. The second-order valence-corrected chi connectivity index (χ2v) is 2.97. The van der Waals surface area contributed by atoms with E-state index in [0.29, 0.717) is 0 Å². The van der Waals surface area contributed by atoms with Crippen LogP contribution in [0.25, 0.3) is 5.65 Å². The average molecular weight is 162 g/mol. The summed E-state index contributed by atoms with van der Waals surface area (Å²) in [5, 5.41) is 11.6. The maximum atomic E-state index is 11.6. The lowest BCUT2D eigenvalue weighted by atomic mass is 10.3. The van der Waals surface area contributed by atoms with E-state index >= 15 is 0 Å². The third-order valence-electron chi connectivity index (χ3n) is 2.08. The molecule has 0 unspecified atom stereocenters.